The van der Waals surface area contributed by atoms with Crippen LogP contribution in [-0.4, -0.2) is 11.1 Å². The second-order valence-corrected chi connectivity index (χ2v) is 7.61. The van der Waals surface area contributed by atoms with E-state index >= 15 is 0 Å². The summed E-state index contributed by atoms with van der Waals surface area (Å²) in [5, 5.41) is 13.8. The summed E-state index contributed by atoms with van der Waals surface area (Å²) in [7, 11) is 0. The number of rotatable bonds is 3. The monoisotopic (exact) mass is 273 g/mol. The Morgan fingerprint density at radius 3 is 2.50 bits per heavy atom. The van der Waals surface area contributed by atoms with Crippen LogP contribution in [0.5, 0.6) is 5.75 Å². The summed E-state index contributed by atoms with van der Waals surface area (Å²) in [5.74, 6) is 1.25. The lowest BCUT2D eigenvalue weighted by Gasteiger charge is -2.40. The fourth-order valence-electron chi connectivity index (χ4n) is 4.70. The molecule has 0 aliphatic heterocycles. The molecule has 0 spiro atoms. The van der Waals surface area contributed by atoms with E-state index in [9.17, 15) is 5.11 Å². The minimum atomic E-state index is 0.202. The van der Waals surface area contributed by atoms with Gasteiger partial charge in [-0.25, -0.2) is 0 Å². The molecule has 0 heterocycles. The standard InChI is InChI=1S/C18H27NO/c1-12(14-7-5-6-8-15(14)20)19-16-11-13-9-10-18(16,4)17(13,2)3/h5-8,12-13,16,19-20H,9-11H2,1-4H3. The summed E-state index contributed by atoms with van der Waals surface area (Å²) in [5.41, 5.74) is 1.83. The number of aromatic hydroxyl groups is 1. The smallest absolute Gasteiger partial charge is 0.120 e. The Bertz CT molecular complexity index is 510. The number of hydrogen-bond donors (Lipinski definition) is 2. The van der Waals surface area contributed by atoms with Crippen molar-refractivity contribution in [1.29, 1.82) is 0 Å². The van der Waals surface area contributed by atoms with Gasteiger partial charge in [0.2, 0.25) is 0 Å². The minimum absolute atomic E-state index is 0.202. The Kier molecular flexibility index (Phi) is 3.13. The van der Waals surface area contributed by atoms with Crippen molar-refractivity contribution in [1.82, 2.24) is 5.32 Å². The molecule has 0 amide bonds. The van der Waals surface area contributed by atoms with E-state index in [1.165, 1.54) is 19.3 Å². The molecular weight excluding hydrogens is 246 g/mol. The highest BCUT2D eigenvalue weighted by Crippen LogP contribution is 2.65. The van der Waals surface area contributed by atoms with Gasteiger partial charge < -0.3 is 10.4 Å². The van der Waals surface area contributed by atoms with Crippen molar-refractivity contribution in [2.24, 2.45) is 16.7 Å². The van der Waals surface area contributed by atoms with Crippen LogP contribution in [0.1, 0.15) is 58.6 Å². The van der Waals surface area contributed by atoms with E-state index in [1.807, 2.05) is 18.2 Å². The van der Waals surface area contributed by atoms with Crippen LogP contribution < -0.4 is 5.32 Å². The molecule has 1 aromatic carbocycles. The molecule has 110 valence electrons. The Morgan fingerprint density at radius 2 is 1.95 bits per heavy atom. The SMILES string of the molecule is CC(NC1CC2CCC1(C)C2(C)C)c1ccccc1O. The maximum atomic E-state index is 10.0. The summed E-state index contributed by atoms with van der Waals surface area (Å²) < 4.78 is 0. The van der Waals surface area contributed by atoms with Gasteiger partial charge in [-0.1, -0.05) is 39.0 Å². The highest BCUT2D eigenvalue weighted by atomic mass is 16.3. The summed E-state index contributed by atoms with van der Waals surface area (Å²) >= 11 is 0. The molecule has 2 aliphatic carbocycles. The van der Waals surface area contributed by atoms with Gasteiger partial charge in [-0.2, -0.15) is 0 Å². The van der Waals surface area contributed by atoms with Crippen molar-refractivity contribution >= 4 is 0 Å². The molecule has 2 saturated carbocycles. The number of nitrogens with one attached hydrogen (secondary N) is 1. The lowest BCUT2D eigenvalue weighted by molar-refractivity contribution is 0.116. The Labute approximate surface area is 122 Å². The Hall–Kier alpha value is -1.02. The molecule has 1 aromatic rings. The first-order chi connectivity index (χ1) is 9.36. The van der Waals surface area contributed by atoms with Gasteiger partial charge in [0, 0.05) is 17.6 Å². The maximum absolute atomic E-state index is 10.0. The third-order valence-corrected chi connectivity index (χ3v) is 6.65. The van der Waals surface area contributed by atoms with Crippen LogP contribution >= 0.6 is 0 Å². The first-order valence-electron chi connectivity index (χ1n) is 7.90. The number of phenols is 1. The quantitative estimate of drug-likeness (QED) is 0.862. The van der Waals surface area contributed by atoms with E-state index in [-0.39, 0.29) is 6.04 Å². The van der Waals surface area contributed by atoms with Gasteiger partial charge >= 0.3 is 0 Å². The molecule has 2 nitrogen and oxygen atoms in total. The third-order valence-electron chi connectivity index (χ3n) is 6.65. The summed E-state index contributed by atoms with van der Waals surface area (Å²) in [4.78, 5) is 0. The van der Waals surface area contributed by atoms with Crippen LogP contribution in [0.3, 0.4) is 0 Å². The van der Waals surface area contributed by atoms with Crippen LogP contribution in [0.2, 0.25) is 0 Å². The number of hydrogen-bond acceptors (Lipinski definition) is 2. The molecule has 0 aromatic heterocycles. The first kappa shape index (κ1) is 13.9. The van der Waals surface area contributed by atoms with E-state index in [1.54, 1.807) is 6.07 Å². The van der Waals surface area contributed by atoms with Gasteiger partial charge in [0.15, 0.2) is 0 Å². The van der Waals surface area contributed by atoms with Gasteiger partial charge in [-0.3, -0.25) is 0 Å². The second-order valence-electron chi connectivity index (χ2n) is 7.61. The van der Waals surface area contributed by atoms with Gasteiger partial charge in [-0.15, -0.1) is 0 Å². The molecule has 4 atom stereocenters. The fourth-order valence-corrected chi connectivity index (χ4v) is 4.70. The predicted molar refractivity (Wildman–Crippen MR) is 82.7 cm³/mol. The molecule has 2 fully saturated rings. The van der Waals surface area contributed by atoms with Gasteiger partial charge in [0.25, 0.3) is 0 Å². The van der Waals surface area contributed by atoms with Crippen LogP contribution in [0, 0.1) is 16.7 Å². The highest BCUT2D eigenvalue weighted by molar-refractivity contribution is 5.34. The number of fused-ring (bicyclic) bond motifs is 2. The second kappa shape index (κ2) is 4.49. The lowest BCUT2D eigenvalue weighted by atomic mass is 9.69. The van der Waals surface area contributed by atoms with E-state index in [4.69, 9.17) is 0 Å². The number of benzene rings is 1. The maximum Gasteiger partial charge on any atom is 0.120 e. The first-order valence-corrected chi connectivity index (χ1v) is 7.90. The zero-order chi connectivity index (χ0) is 14.5. The minimum Gasteiger partial charge on any atom is -0.508 e. The van der Waals surface area contributed by atoms with Crippen molar-refractivity contribution in [3.8, 4) is 5.75 Å². The van der Waals surface area contributed by atoms with Gasteiger partial charge in [-0.05, 0) is 49.0 Å². The average molecular weight is 273 g/mol. The van der Waals surface area contributed by atoms with Gasteiger partial charge in [0.05, 0.1) is 0 Å². The Balaban J connectivity index is 1.79. The van der Waals surface area contributed by atoms with Gasteiger partial charge in [0.1, 0.15) is 5.75 Å². The van der Waals surface area contributed by atoms with Crippen LogP contribution in [-0.2, 0) is 0 Å². The zero-order valence-corrected chi connectivity index (χ0v) is 13.1. The molecular formula is C18H27NO. The molecule has 20 heavy (non-hydrogen) atoms. The van der Waals surface area contributed by atoms with Crippen molar-refractivity contribution < 1.29 is 5.11 Å². The van der Waals surface area contributed by atoms with Crippen LogP contribution in [0.4, 0.5) is 0 Å². The zero-order valence-electron chi connectivity index (χ0n) is 13.1. The molecule has 2 N–H and O–H groups in total. The van der Waals surface area contributed by atoms with E-state index in [0.717, 1.165) is 11.5 Å². The molecule has 3 rings (SSSR count). The molecule has 2 bridgehead atoms. The lowest BCUT2D eigenvalue weighted by Crippen LogP contribution is -2.45. The topological polar surface area (TPSA) is 32.3 Å². The molecule has 2 aliphatic rings. The number of para-hydroxylation sites is 1. The van der Waals surface area contributed by atoms with E-state index in [0.29, 0.717) is 22.6 Å². The summed E-state index contributed by atoms with van der Waals surface area (Å²) in [6.07, 6.45) is 3.99. The Morgan fingerprint density at radius 1 is 1.25 bits per heavy atom. The molecule has 2 heteroatoms. The highest BCUT2D eigenvalue weighted by Gasteiger charge is 2.61. The van der Waals surface area contributed by atoms with Crippen molar-refractivity contribution in [3.63, 3.8) is 0 Å². The van der Waals surface area contributed by atoms with Crippen LogP contribution in [0.15, 0.2) is 24.3 Å². The third kappa shape index (κ3) is 1.81. The van der Waals surface area contributed by atoms with E-state index in [2.05, 4.69) is 33.0 Å². The largest absolute Gasteiger partial charge is 0.508 e. The molecule has 0 saturated heterocycles. The fraction of sp³-hybridized carbons (Fsp3) is 0.667. The molecule has 0 radical (unpaired) electrons. The van der Waals surface area contributed by atoms with E-state index < -0.39 is 0 Å². The van der Waals surface area contributed by atoms with Crippen molar-refractivity contribution in [2.45, 2.75) is 59.0 Å². The van der Waals surface area contributed by atoms with Crippen molar-refractivity contribution in [2.75, 3.05) is 0 Å². The summed E-state index contributed by atoms with van der Waals surface area (Å²) in [6, 6.07) is 8.44. The van der Waals surface area contributed by atoms with Crippen LogP contribution in [0.25, 0.3) is 0 Å². The predicted octanol–water partition coefficient (Wildman–Crippen LogP) is 4.26. The number of phenolic OH excluding ortho intramolecular Hbond substituents is 1. The average Bonchev–Trinajstić information content (AvgIpc) is 2.72. The summed E-state index contributed by atoms with van der Waals surface area (Å²) in [6.45, 7) is 9.50. The normalized spacial score (nSPS) is 36.2. The molecule has 4 unspecified atom stereocenters. The van der Waals surface area contributed by atoms with Crippen molar-refractivity contribution in [3.05, 3.63) is 29.8 Å².